The molecule has 2 aliphatic heterocycles. The van der Waals surface area contributed by atoms with Crippen molar-refractivity contribution in [3.63, 3.8) is 0 Å². The summed E-state index contributed by atoms with van der Waals surface area (Å²) < 4.78 is 19.9. The molecule has 42 heavy (non-hydrogen) atoms. The first-order valence-electron chi connectivity index (χ1n) is 13.4. The van der Waals surface area contributed by atoms with Gasteiger partial charge in [0.05, 0.1) is 42.4 Å². The van der Waals surface area contributed by atoms with Crippen molar-refractivity contribution in [2.24, 2.45) is 0 Å². The third kappa shape index (κ3) is 6.26. The maximum Gasteiger partial charge on any atom is 0.335 e. The molecule has 0 saturated carbocycles. The number of hydroxylamine groups is 1. The number of nitrogens with one attached hydrogen (secondary N) is 2. The summed E-state index contributed by atoms with van der Waals surface area (Å²) in [6.07, 6.45) is 3.08. The lowest BCUT2D eigenvalue weighted by Gasteiger charge is -2.35. The van der Waals surface area contributed by atoms with E-state index in [1.165, 1.54) is 29.6 Å². The summed E-state index contributed by atoms with van der Waals surface area (Å²) in [5.41, 5.74) is 2.28. The summed E-state index contributed by atoms with van der Waals surface area (Å²) in [7, 11) is 3.64. The van der Waals surface area contributed by atoms with Gasteiger partial charge in [-0.25, -0.2) is 24.2 Å². The highest BCUT2D eigenvalue weighted by atomic mass is 19.1. The Labute approximate surface area is 242 Å². The van der Waals surface area contributed by atoms with Crippen molar-refractivity contribution in [1.29, 1.82) is 0 Å². The number of amides is 1. The summed E-state index contributed by atoms with van der Waals surface area (Å²) in [5, 5.41) is 17.0. The Morgan fingerprint density at radius 3 is 2.62 bits per heavy atom. The van der Waals surface area contributed by atoms with Crippen LogP contribution in [0.25, 0.3) is 0 Å². The van der Waals surface area contributed by atoms with E-state index in [-0.39, 0.29) is 11.5 Å². The number of aromatic carboxylic acids is 1. The van der Waals surface area contributed by atoms with Crippen LogP contribution in [-0.2, 0) is 9.63 Å². The second kappa shape index (κ2) is 12.4. The SMILES string of the molecule is C=CC(=O)Nc1cc(Nc2cc(N3OCCC3c3cc(F)cc(C(=O)O)c3)ncn2)c(OC)cc1N1CCN(C)CC1. The van der Waals surface area contributed by atoms with E-state index in [0.29, 0.717) is 47.4 Å². The number of anilines is 5. The number of nitrogens with zero attached hydrogens (tertiary/aromatic N) is 5. The number of rotatable bonds is 9. The van der Waals surface area contributed by atoms with Gasteiger partial charge in [-0.05, 0) is 43.0 Å². The molecule has 2 aliphatic rings. The second-order valence-corrected chi connectivity index (χ2v) is 9.98. The molecule has 1 atom stereocenters. The van der Waals surface area contributed by atoms with Gasteiger partial charge in [0.2, 0.25) is 5.91 Å². The van der Waals surface area contributed by atoms with E-state index in [0.717, 1.165) is 37.9 Å². The summed E-state index contributed by atoms with van der Waals surface area (Å²) in [5.74, 6) is -0.863. The van der Waals surface area contributed by atoms with E-state index in [9.17, 15) is 19.1 Å². The van der Waals surface area contributed by atoms with Gasteiger partial charge in [-0.2, -0.15) is 0 Å². The Bertz CT molecular complexity index is 1500. The second-order valence-electron chi connectivity index (χ2n) is 9.98. The van der Waals surface area contributed by atoms with Crippen LogP contribution in [0.5, 0.6) is 5.75 Å². The lowest BCUT2D eigenvalue weighted by atomic mass is 10.0. The first kappa shape index (κ1) is 28.8. The molecule has 0 bridgehead atoms. The molecule has 13 heteroatoms. The van der Waals surface area contributed by atoms with Crippen LogP contribution in [0.1, 0.15) is 28.4 Å². The van der Waals surface area contributed by atoms with E-state index >= 15 is 0 Å². The molecule has 0 aliphatic carbocycles. The van der Waals surface area contributed by atoms with Crippen molar-refractivity contribution >= 4 is 40.6 Å². The Kier molecular flexibility index (Phi) is 8.50. The van der Waals surface area contributed by atoms with Crippen molar-refractivity contribution in [3.8, 4) is 5.75 Å². The molecule has 3 N–H and O–H groups in total. The van der Waals surface area contributed by atoms with E-state index < -0.39 is 17.8 Å². The fraction of sp³-hybridized carbons (Fsp3) is 0.310. The summed E-state index contributed by atoms with van der Waals surface area (Å²) in [4.78, 5) is 42.7. The van der Waals surface area contributed by atoms with Crippen LogP contribution in [0.15, 0.2) is 55.4 Å². The number of benzene rings is 2. The Balaban J connectivity index is 1.44. The number of hydrogen-bond donors (Lipinski definition) is 3. The highest BCUT2D eigenvalue weighted by Crippen LogP contribution is 2.40. The predicted octanol–water partition coefficient (Wildman–Crippen LogP) is 3.83. The fourth-order valence-corrected chi connectivity index (χ4v) is 5.03. The van der Waals surface area contributed by atoms with Gasteiger partial charge in [-0.3, -0.25) is 9.63 Å². The van der Waals surface area contributed by atoms with Crippen LogP contribution in [0.3, 0.4) is 0 Å². The zero-order valence-corrected chi connectivity index (χ0v) is 23.3. The van der Waals surface area contributed by atoms with Gasteiger partial charge in [0.15, 0.2) is 5.82 Å². The molecule has 3 aromatic rings. The third-order valence-electron chi connectivity index (χ3n) is 7.20. The summed E-state index contributed by atoms with van der Waals surface area (Å²) >= 11 is 0. The lowest BCUT2D eigenvalue weighted by molar-refractivity contribution is -0.111. The highest BCUT2D eigenvalue weighted by molar-refractivity contribution is 6.02. The smallest absolute Gasteiger partial charge is 0.335 e. The molecule has 220 valence electrons. The van der Waals surface area contributed by atoms with Crippen molar-refractivity contribution in [1.82, 2.24) is 14.9 Å². The van der Waals surface area contributed by atoms with E-state index in [2.05, 4.69) is 44.0 Å². The maximum atomic E-state index is 14.2. The van der Waals surface area contributed by atoms with Crippen LogP contribution in [0.4, 0.5) is 33.1 Å². The van der Waals surface area contributed by atoms with Crippen LogP contribution in [0, 0.1) is 5.82 Å². The molecule has 0 radical (unpaired) electrons. The third-order valence-corrected chi connectivity index (χ3v) is 7.20. The predicted molar refractivity (Wildman–Crippen MR) is 156 cm³/mol. The lowest BCUT2D eigenvalue weighted by Crippen LogP contribution is -2.44. The van der Waals surface area contributed by atoms with E-state index in [1.807, 2.05) is 6.07 Å². The molecule has 12 nitrogen and oxygen atoms in total. The van der Waals surface area contributed by atoms with Crippen LogP contribution < -0.4 is 25.3 Å². The monoisotopic (exact) mass is 577 g/mol. The fourth-order valence-electron chi connectivity index (χ4n) is 5.03. The average Bonchev–Trinajstić information content (AvgIpc) is 3.48. The van der Waals surface area contributed by atoms with Gasteiger partial charge in [0.1, 0.15) is 23.7 Å². The molecular weight excluding hydrogens is 545 g/mol. The number of carboxylic acid groups (broad SMARTS) is 1. The van der Waals surface area contributed by atoms with Crippen molar-refractivity contribution in [2.75, 3.05) is 67.5 Å². The molecular formula is C29H32FN7O5. The number of aromatic nitrogens is 2. The molecule has 2 saturated heterocycles. The Morgan fingerprint density at radius 1 is 1.12 bits per heavy atom. The number of methoxy groups -OCH3 is 1. The number of piperazine rings is 1. The molecule has 2 fully saturated rings. The van der Waals surface area contributed by atoms with Crippen molar-refractivity contribution in [2.45, 2.75) is 12.5 Å². The van der Waals surface area contributed by atoms with Crippen LogP contribution in [-0.4, -0.2) is 78.8 Å². The Hall–Kier alpha value is -4.75. The number of carboxylic acids is 1. The van der Waals surface area contributed by atoms with Gasteiger partial charge in [-0.15, -0.1) is 0 Å². The number of hydrogen-bond acceptors (Lipinski definition) is 10. The number of likely N-dealkylation sites (N-methyl/N-ethyl adjacent to an activating group) is 1. The highest BCUT2D eigenvalue weighted by Gasteiger charge is 2.30. The van der Waals surface area contributed by atoms with Gasteiger partial charge in [0.25, 0.3) is 0 Å². The average molecular weight is 578 g/mol. The molecule has 0 spiro atoms. The number of ether oxygens (including phenoxy) is 1. The first-order valence-corrected chi connectivity index (χ1v) is 13.4. The molecule has 5 rings (SSSR count). The molecule has 1 amide bonds. The molecule has 1 unspecified atom stereocenters. The number of carbonyl (C=O) groups is 2. The van der Waals surface area contributed by atoms with Gasteiger partial charge in [-0.1, -0.05) is 6.58 Å². The van der Waals surface area contributed by atoms with Crippen molar-refractivity contribution in [3.05, 3.63) is 72.3 Å². The largest absolute Gasteiger partial charge is 0.494 e. The van der Waals surface area contributed by atoms with E-state index in [1.54, 1.807) is 19.2 Å². The van der Waals surface area contributed by atoms with Crippen LogP contribution >= 0.6 is 0 Å². The zero-order valence-electron chi connectivity index (χ0n) is 23.3. The maximum absolute atomic E-state index is 14.2. The minimum Gasteiger partial charge on any atom is -0.494 e. The minimum absolute atomic E-state index is 0.145. The van der Waals surface area contributed by atoms with Crippen LogP contribution in [0.2, 0.25) is 0 Å². The standard InChI is InChI=1S/C29H32FN7O5/c1-4-28(38)34-21-14-22(25(41-3)15-24(21)36-8-6-35(2)7-9-36)33-26-16-27(32-17-31-26)37-23(5-10-42-37)18-11-19(29(39)40)13-20(30)12-18/h4,11-17,23H,1,5-10H2,2-3H3,(H,34,38)(H,39,40)(H,31,32,33). The van der Waals surface area contributed by atoms with Crippen molar-refractivity contribution < 1.29 is 28.7 Å². The number of halogens is 1. The minimum atomic E-state index is -1.22. The topological polar surface area (TPSA) is 132 Å². The normalized spacial score (nSPS) is 17.2. The van der Waals surface area contributed by atoms with E-state index in [4.69, 9.17) is 9.57 Å². The summed E-state index contributed by atoms with van der Waals surface area (Å²) in [6, 6.07) is 8.57. The Morgan fingerprint density at radius 2 is 1.90 bits per heavy atom. The first-order chi connectivity index (χ1) is 20.2. The molecule has 1 aromatic heterocycles. The van der Waals surface area contributed by atoms with Gasteiger partial charge < -0.3 is 30.3 Å². The molecule has 3 heterocycles. The number of carbonyl (C=O) groups excluding carboxylic acids is 1. The molecule has 2 aromatic carbocycles. The summed E-state index contributed by atoms with van der Waals surface area (Å²) in [6.45, 7) is 7.25. The zero-order chi connectivity index (χ0) is 29.8. The van der Waals surface area contributed by atoms with Gasteiger partial charge >= 0.3 is 5.97 Å². The van der Waals surface area contributed by atoms with Gasteiger partial charge in [0, 0.05) is 44.7 Å². The quantitative estimate of drug-likeness (QED) is 0.321.